The molecule has 0 amide bonds. The first-order valence-electron chi connectivity index (χ1n) is 3.92. The number of alkyl halides is 2. The minimum Gasteiger partial charge on any atom is -0.390 e. The summed E-state index contributed by atoms with van der Waals surface area (Å²) in [5.74, 6) is 0. The van der Waals surface area contributed by atoms with E-state index in [4.69, 9.17) is 5.11 Å². The molecule has 1 N–H and O–H groups in total. The molecule has 0 saturated heterocycles. The molecule has 0 unspecified atom stereocenters. The largest absolute Gasteiger partial charge is 0.390 e. The van der Waals surface area contributed by atoms with Crippen LogP contribution in [-0.4, -0.2) is 10.1 Å². The Labute approximate surface area is 75.2 Å². The topological polar surface area (TPSA) is 33.1 Å². The summed E-state index contributed by atoms with van der Waals surface area (Å²) in [6.07, 6.45) is -2.51. The fraction of sp³-hybridized carbons (Fsp3) is 0.444. The van der Waals surface area contributed by atoms with Crippen LogP contribution in [0.1, 0.15) is 28.9 Å². The van der Waals surface area contributed by atoms with E-state index < -0.39 is 6.43 Å². The lowest BCUT2D eigenvalue weighted by molar-refractivity contribution is 0.150. The molecule has 0 radical (unpaired) electrons. The normalized spacial score (nSPS) is 10.9. The van der Waals surface area contributed by atoms with E-state index in [1.165, 1.54) is 6.07 Å². The summed E-state index contributed by atoms with van der Waals surface area (Å²) < 4.78 is 24.8. The number of hydrogen-bond donors (Lipinski definition) is 1. The lowest BCUT2D eigenvalue weighted by Gasteiger charge is -2.08. The zero-order chi connectivity index (χ0) is 10.0. The molecule has 0 aromatic carbocycles. The van der Waals surface area contributed by atoms with E-state index in [0.29, 0.717) is 17.0 Å². The standard InChI is InChI=1S/C9H11F2NO/c1-5-6(2)12-7(4-13)3-8(5)9(10)11/h3,9,13H,4H2,1-2H3. The molecular weight excluding hydrogens is 176 g/mol. The van der Waals surface area contributed by atoms with E-state index in [0.717, 1.165) is 0 Å². The third-order valence-corrected chi connectivity index (χ3v) is 2.01. The summed E-state index contributed by atoms with van der Waals surface area (Å²) in [4.78, 5) is 3.95. The monoisotopic (exact) mass is 187 g/mol. The Bertz CT molecular complexity index is 313. The number of pyridine rings is 1. The molecule has 0 bridgehead atoms. The Hall–Kier alpha value is -1.03. The van der Waals surface area contributed by atoms with Crippen molar-refractivity contribution in [2.75, 3.05) is 0 Å². The summed E-state index contributed by atoms with van der Waals surface area (Å²) in [7, 11) is 0. The van der Waals surface area contributed by atoms with E-state index in [1.807, 2.05) is 0 Å². The zero-order valence-electron chi connectivity index (χ0n) is 7.51. The molecule has 1 rings (SSSR count). The maximum Gasteiger partial charge on any atom is 0.264 e. The molecule has 13 heavy (non-hydrogen) atoms. The minimum absolute atomic E-state index is 0.0449. The van der Waals surface area contributed by atoms with Crippen LogP contribution in [0.2, 0.25) is 0 Å². The smallest absolute Gasteiger partial charge is 0.264 e. The van der Waals surface area contributed by atoms with Crippen molar-refractivity contribution >= 4 is 0 Å². The summed E-state index contributed by atoms with van der Waals surface area (Å²) in [6.45, 7) is 2.95. The van der Waals surface area contributed by atoms with Gasteiger partial charge in [-0.25, -0.2) is 8.78 Å². The number of hydrogen-bond acceptors (Lipinski definition) is 2. The van der Waals surface area contributed by atoms with Gasteiger partial charge in [-0.15, -0.1) is 0 Å². The van der Waals surface area contributed by atoms with Gasteiger partial charge in [0.1, 0.15) is 0 Å². The fourth-order valence-corrected chi connectivity index (χ4v) is 1.14. The van der Waals surface area contributed by atoms with Crippen molar-refractivity contribution in [1.29, 1.82) is 0 Å². The second kappa shape index (κ2) is 3.79. The van der Waals surface area contributed by atoms with Crippen LogP contribution in [0.25, 0.3) is 0 Å². The molecule has 1 heterocycles. The average molecular weight is 187 g/mol. The lowest BCUT2D eigenvalue weighted by Crippen LogP contribution is -2.00. The maximum absolute atomic E-state index is 12.4. The highest BCUT2D eigenvalue weighted by atomic mass is 19.3. The van der Waals surface area contributed by atoms with Crippen molar-refractivity contribution in [1.82, 2.24) is 4.98 Å². The summed E-state index contributed by atoms with van der Waals surface area (Å²) >= 11 is 0. The van der Waals surface area contributed by atoms with Gasteiger partial charge in [0, 0.05) is 11.3 Å². The molecule has 1 aromatic heterocycles. The van der Waals surface area contributed by atoms with E-state index in [9.17, 15) is 8.78 Å². The van der Waals surface area contributed by atoms with Crippen molar-refractivity contribution in [2.45, 2.75) is 26.9 Å². The predicted molar refractivity (Wildman–Crippen MR) is 44.6 cm³/mol. The van der Waals surface area contributed by atoms with Crippen LogP contribution in [0.4, 0.5) is 8.78 Å². The van der Waals surface area contributed by atoms with E-state index in [2.05, 4.69) is 4.98 Å². The SMILES string of the molecule is Cc1nc(CO)cc(C(F)F)c1C. The molecule has 2 nitrogen and oxygen atoms in total. The zero-order valence-corrected chi connectivity index (χ0v) is 7.51. The first kappa shape index (κ1) is 10.1. The van der Waals surface area contributed by atoms with Crippen LogP contribution in [0, 0.1) is 13.8 Å². The minimum atomic E-state index is -2.51. The van der Waals surface area contributed by atoms with E-state index in [1.54, 1.807) is 13.8 Å². The molecule has 0 aliphatic heterocycles. The first-order chi connectivity index (χ1) is 6.06. The van der Waals surface area contributed by atoms with Gasteiger partial charge < -0.3 is 5.11 Å². The third kappa shape index (κ3) is 2.01. The summed E-state index contributed by atoms with van der Waals surface area (Å²) in [5.41, 5.74) is 1.28. The van der Waals surface area contributed by atoms with Crippen molar-refractivity contribution in [3.05, 3.63) is 28.6 Å². The number of aromatic nitrogens is 1. The van der Waals surface area contributed by atoms with E-state index >= 15 is 0 Å². The van der Waals surface area contributed by atoms with Crippen LogP contribution in [0.15, 0.2) is 6.07 Å². The number of nitrogens with zero attached hydrogens (tertiary/aromatic N) is 1. The molecule has 72 valence electrons. The van der Waals surface area contributed by atoms with Crippen LogP contribution >= 0.6 is 0 Å². The molecule has 0 aliphatic carbocycles. The summed E-state index contributed by atoms with van der Waals surface area (Å²) in [5, 5.41) is 8.75. The second-order valence-corrected chi connectivity index (χ2v) is 2.87. The van der Waals surface area contributed by atoms with Gasteiger partial charge in [-0.3, -0.25) is 4.98 Å². The average Bonchev–Trinajstić information content (AvgIpc) is 2.09. The summed E-state index contributed by atoms with van der Waals surface area (Å²) in [6, 6.07) is 1.24. The number of rotatable bonds is 2. The van der Waals surface area contributed by atoms with Gasteiger partial charge in [-0.1, -0.05) is 0 Å². The van der Waals surface area contributed by atoms with Gasteiger partial charge in [-0.2, -0.15) is 0 Å². The lowest BCUT2D eigenvalue weighted by atomic mass is 10.1. The highest BCUT2D eigenvalue weighted by molar-refractivity contribution is 5.31. The van der Waals surface area contributed by atoms with Crippen LogP contribution in [0.3, 0.4) is 0 Å². The fourth-order valence-electron chi connectivity index (χ4n) is 1.14. The van der Waals surface area contributed by atoms with Crippen molar-refractivity contribution in [3.63, 3.8) is 0 Å². The Morgan fingerprint density at radius 1 is 1.46 bits per heavy atom. The quantitative estimate of drug-likeness (QED) is 0.769. The predicted octanol–water partition coefficient (Wildman–Crippen LogP) is 2.13. The molecule has 0 atom stereocenters. The van der Waals surface area contributed by atoms with Crippen molar-refractivity contribution in [3.8, 4) is 0 Å². The second-order valence-electron chi connectivity index (χ2n) is 2.87. The van der Waals surface area contributed by atoms with E-state index in [-0.39, 0.29) is 12.2 Å². The Kier molecular flexibility index (Phi) is 2.93. The van der Waals surface area contributed by atoms with Crippen LogP contribution < -0.4 is 0 Å². The van der Waals surface area contributed by atoms with Gasteiger partial charge >= 0.3 is 0 Å². The molecule has 1 aromatic rings. The molecular formula is C9H11F2NO. The van der Waals surface area contributed by atoms with Crippen molar-refractivity contribution in [2.24, 2.45) is 0 Å². The molecule has 0 spiro atoms. The molecule has 0 saturated carbocycles. The highest BCUT2D eigenvalue weighted by Crippen LogP contribution is 2.24. The van der Waals surface area contributed by atoms with Gasteiger partial charge in [0.15, 0.2) is 0 Å². The van der Waals surface area contributed by atoms with Gasteiger partial charge in [-0.05, 0) is 25.5 Å². The Morgan fingerprint density at radius 3 is 2.54 bits per heavy atom. The molecule has 0 fully saturated rings. The number of aryl methyl sites for hydroxylation is 1. The van der Waals surface area contributed by atoms with Gasteiger partial charge in [0.25, 0.3) is 6.43 Å². The van der Waals surface area contributed by atoms with Gasteiger partial charge in [0.2, 0.25) is 0 Å². The Balaban J connectivity index is 3.25. The number of aliphatic hydroxyl groups is 1. The highest BCUT2D eigenvalue weighted by Gasteiger charge is 2.13. The third-order valence-electron chi connectivity index (χ3n) is 2.01. The maximum atomic E-state index is 12.4. The first-order valence-corrected chi connectivity index (χ1v) is 3.92. The van der Waals surface area contributed by atoms with Crippen LogP contribution in [-0.2, 0) is 6.61 Å². The van der Waals surface area contributed by atoms with Gasteiger partial charge in [0.05, 0.1) is 12.3 Å². The number of aliphatic hydroxyl groups excluding tert-OH is 1. The number of halogens is 2. The Morgan fingerprint density at radius 2 is 2.08 bits per heavy atom. The van der Waals surface area contributed by atoms with Crippen molar-refractivity contribution < 1.29 is 13.9 Å². The molecule has 4 heteroatoms. The molecule has 0 aliphatic rings. The van der Waals surface area contributed by atoms with Crippen LogP contribution in [0.5, 0.6) is 0 Å².